The Morgan fingerprint density at radius 3 is 2.81 bits per heavy atom. The van der Waals surface area contributed by atoms with E-state index >= 15 is 0 Å². The molecule has 1 saturated heterocycles. The van der Waals surface area contributed by atoms with Crippen LogP contribution in [0.2, 0.25) is 0 Å². The molecule has 7 heteroatoms. The monoisotopic (exact) mass is 492 g/mol. The molecule has 3 aromatic heterocycles. The Balaban J connectivity index is 1.28. The van der Waals surface area contributed by atoms with E-state index in [1.54, 1.807) is 24.8 Å². The Bertz CT molecular complexity index is 1430. The summed E-state index contributed by atoms with van der Waals surface area (Å²) in [5.41, 5.74) is 6.10. The van der Waals surface area contributed by atoms with Crippen molar-refractivity contribution in [1.82, 2.24) is 19.9 Å². The highest BCUT2D eigenvalue weighted by molar-refractivity contribution is 5.90. The molecule has 1 fully saturated rings. The molecule has 0 unspecified atom stereocenters. The number of hydrogen-bond acceptors (Lipinski definition) is 6. The molecule has 0 aliphatic carbocycles. The number of rotatable bonds is 9. The zero-order valence-electron chi connectivity index (χ0n) is 21.2. The summed E-state index contributed by atoms with van der Waals surface area (Å²) in [6, 6.07) is 10.4. The lowest BCUT2D eigenvalue weighted by molar-refractivity contribution is 0.205. The van der Waals surface area contributed by atoms with Gasteiger partial charge in [0.05, 0.1) is 24.1 Å². The summed E-state index contributed by atoms with van der Waals surface area (Å²) in [7, 11) is 0. The molecule has 4 aromatic rings. The first-order chi connectivity index (χ1) is 18.2. The van der Waals surface area contributed by atoms with Crippen molar-refractivity contribution in [1.29, 1.82) is 5.26 Å². The molecule has 0 spiro atoms. The van der Waals surface area contributed by atoms with Gasteiger partial charge in [-0.25, -0.2) is 0 Å². The molecule has 0 amide bonds. The average Bonchev–Trinajstić information content (AvgIpc) is 3.43. The van der Waals surface area contributed by atoms with Crippen molar-refractivity contribution in [2.45, 2.75) is 32.6 Å². The summed E-state index contributed by atoms with van der Waals surface area (Å²) >= 11 is 0. The molecule has 0 bridgehead atoms. The van der Waals surface area contributed by atoms with E-state index in [9.17, 15) is 5.26 Å². The van der Waals surface area contributed by atoms with Gasteiger partial charge in [-0.15, -0.1) is 0 Å². The molecule has 7 nitrogen and oxygen atoms in total. The van der Waals surface area contributed by atoms with Gasteiger partial charge in [0.25, 0.3) is 0 Å². The molecule has 0 radical (unpaired) electrons. The van der Waals surface area contributed by atoms with E-state index in [0.717, 1.165) is 57.7 Å². The molecular weight excluding hydrogens is 460 g/mol. The number of nitriles is 1. The standard InChI is InChI=1S/C30H32N6O/c1-22-27-10-11-34-29(27)9-8-28(22)35-30-24(19-33-20-25(30)17-31)7-6-23-16-26(21-32-18-23)37-15-5-14-36-12-3-2-4-13-36/h6-11,16,18-21,34H,2-5,12-15H2,1H3,(H,33,35). The summed E-state index contributed by atoms with van der Waals surface area (Å²) < 4.78 is 5.98. The minimum Gasteiger partial charge on any atom is -0.492 e. The number of nitrogens with zero attached hydrogens (tertiary/aromatic N) is 4. The van der Waals surface area contributed by atoms with Crippen molar-refractivity contribution < 1.29 is 4.74 Å². The topological polar surface area (TPSA) is 89.9 Å². The van der Waals surface area contributed by atoms with Gasteiger partial charge in [0.1, 0.15) is 11.8 Å². The predicted molar refractivity (Wildman–Crippen MR) is 149 cm³/mol. The first kappa shape index (κ1) is 24.5. The van der Waals surface area contributed by atoms with Gasteiger partial charge in [0, 0.05) is 53.5 Å². The minimum atomic E-state index is 0.486. The Morgan fingerprint density at radius 2 is 1.95 bits per heavy atom. The summed E-state index contributed by atoms with van der Waals surface area (Å²) in [5.74, 6) is 0.762. The van der Waals surface area contributed by atoms with Gasteiger partial charge in [-0.1, -0.05) is 18.6 Å². The normalized spacial score (nSPS) is 14.2. The van der Waals surface area contributed by atoms with Crippen LogP contribution in [0.5, 0.6) is 5.75 Å². The number of aromatic amines is 1. The summed E-state index contributed by atoms with van der Waals surface area (Å²) in [5, 5.41) is 14.4. The molecule has 188 valence electrons. The number of anilines is 2. The Hall–Kier alpha value is -4.15. The molecule has 37 heavy (non-hydrogen) atoms. The second-order valence-electron chi connectivity index (χ2n) is 9.46. The lowest BCUT2D eigenvalue weighted by atomic mass is 10.1. The highest BCUT2D eigenvalue weighted by Crippen LogP contribution is 2.31. The Morgan fingerprint density at radius 1 is 1.08 bits per heavy atom. The number of pyridine rings is 2. The second-order valence-corrected chi connectivity index (χ2v) is 9.46. The van der Waals surface area contributed by atoms with Crippen molar-refractivity contribution in [2.24, 2.45) is 0 Å². The van der Waals surface area contributed by atoms with Gasteiger partial charge in [0.2, 0.25) is 0 Å². The van der Waals surface area contributed by atoms with Gasteiger partial charge in [-0.3, -0.25) is 9.97 Å². The van der Waals surface area contributed by atoms with E-state index in [0.29, 0.717) is 12.2 Å². The highest BCUT2D eigenvalue weighted by Gasteiger charge is 2.12. The number of nitrogens with one attached hydrogen (secondary N) is 2. The molecule has 2 N–H and O–H groups in total. The van der Waals surface area contributed by atoms with E-state index in [2.05, 4.69) is 44.2 Å². The van der Waals surface area contributed by atoms with E-state index < -0.39 is 0 Å². The van der Waals surface area contributed by atoms with Crippen LogP contribution < -0.4 is 10.1 Å². The van der Waals surface area contributed by atoms with E-state index in [1.807, 2.05) is 36.5 Å². The maximum atomic E-state index is 9.75. The first-order valence-electron chi connectivity index (χ1n) is 12.9. The minimum absolute atomic E-state index is 0.486. The molecule has 5 rings (SSSR count). The van der Waals surface area contributed by atoms with Gasteiger partial charge >= 0.3 is 0 Å². The number of likely N-dealkylation sites (tertiary alicyclic amines) is 1. The SMILES string of the molecule is Cc1c(Nc2c(C#N)cncc2C=Cc2cncc(OCCCN3CCCCC3)c2)ccc2[nH]ccc12. The first-order valence-corrected chi connectivity index (χ1v) is 12.9. The molecule has 1 aromatic carbocycles. The quantitative estimate of drug-likeness (QED) is 0.266. The lowest BCUT2D eigenvalue weighted by Crippen LogP contribution is -2.31. The fraction of sp³-hybridized carbons (Fsp3) is 0.300. The van der Waals surface area contributed by atoms with Gasteiger partial charge < -0.3 is 19.9 Å². The fourth-order valence-electron chi connectivity index (χ4n) is 4.83. The van der Waals surface area contributed by atoms with Gasteiger partial charge in [-0.2, -0.15) is 5.26 Å². The van der Waals surface area contributed by atoms with E-state index in [-0.39, 0.29) is 0 Å². The van der Waals surface area contributed by atoms with Crippen LogP contribution in [0.4, 0.5) is 11.4 Å². The van der Waals surface area contributed by atoms with Crippen LogP contribution in [0.25, 0.3) is 23.1 Å². The average molecular weight is 493 g/mol. The van der Waals surface area contributed by atoms with Crippen molar-refractivity contribution in [3.05, 3.63) is 77.5 Å². The maximum Gasteiger partial charge on any atom is 0.138 e. The van der Waals surface area contributed by atoms with Crippen molar-refractivity contribution >= 4 is 34.4 Å². The number of piperidine rings is 1. The van der Waals surface area contributed by atoms with Crippen LogP contribution in [0, 0.1) is 18.3 Å². The zero-order chi connectivity index (χ0) is 25.5. The third kappa shape index (κ3) is 5.99. The maximum absolute atomic E-state index is 9.75. The van der Waals surface area contributed by atoms with E-state index in [1.165, 1.54) is 32.4 Å². The van der Waals surface area contributed by atoms with Crippen LogP contribution in [0.15, 0.2) is 55.2 Å². The van der Waals surface area contributed by atoms with E-state index in [4.69, 9.17) is 4.74 Å². The number of ether oxygens (including phenoxy) is 1. The Labute approximate surface area is 217 Å². The zero-order valence-corrected chi connectivity index (χ0v) is 21.2. The highest BCUT2D eigenvalue weighted by atomic mass is 16.5. The fourth-order valence-corrected chi connectivity index (χ4v) is 4.83. The van der Waals surface area contributed by atoms with Crippen LogP contribution in [-0.4, -0.2) is 46.1 Å². The van der Waals surface area contributed by atoms with Gasteiger partial charge in [0.15, 0.2) is 0 Å². The lowest BCUT2D eigenvalue weighted by Gasteiger charge is -2.26. The molecule has 1 aliphatic heterocycles. The summed E-state index contributed by atoms with van der Waals surface area (Å²) in [6.45, 7) is 6.26. The third-order valence-electron chi connectivity index (χ3n) is 6.88. The molecule has 4 heterocycles. The van der Waals surface area contributed by atoms with Crippen molar-refractivity contribution in [3.8, 4) is 11.8 Å². The Kier molecular flexibility index (Phi) is 7.78. The molecular formula is C30H32N6O. The van der Waals surface area contributed by atoms with Crippen molar-refractivity contribution in [3.63, 3.8) is 0 Å². The number of H-pyrrole nitrogens is 1. The smallest absolute Gasteiger partial charge is 0.138 e. The molecule has 0 atom stereocenters. The number of benzene rings is 1. The summed E-state index contributed by atoms with van der Waals surface area (Å²) in [6.07, 6.45) is 17.8. The third-order valence-corrected chi connectivity index (χ3v) is 6.88. The largest absolute Gasteiger partial charge is 0.492 e. The second kappa shape index (κ2) is 11.7. The van der Waals surface area contributed by atoms with Crippen LogP contribution in [0.3, 0.4) is 0 Å². The van der Waals surface area contributed by atoms with Crippen LogP contribution in [0.1, 0.15) is 47.9 Å². The van der Waals surface area contributed by atoms with Gasteiger partial charge in [-0.05, 0) is 74.7 Å². The molecule has 1 aliphatic rings. The predicted octanol–water partition coefficient (Wildman–Crippen LogP) is 6.31. The van der Waals surface area contributed by atoms with Crippen molar-refractivity contribution in [2.75, 3.05) is 31.6 Å². The van der Waals surface area contributed by atoms with Crippen LogP contribution >= 0.6 is 0 Å². The number of aryl methyl sites for hydroxylation is 1. The number of hydrogen-bond donors (Lipinski definition) is 2. The number of aromatic nitrogens is 3. The summed E-state index contributed by atoms with van der Waals surface area (Å²) in [4.78, 5) is 14.4. The number of fused-ring (bicyclic) bond motifs is 1. The van der Waals surface area contributed by atoms with Crippen LogP contribution in [-0.2, 0) is 0 Å². The molecule has 0 saturated carbocycles.